The van der Waals surface area contributed by atoms with Crippen LogP contribution in [-0.2, 0) is 21.4 Å². The van der Waals surface area contributed by atoms with E-state index in [2.05, 4.69) is 15.9 Å². The maximum atomic E-state index is 12.3. The van der Waals surface area contributed by atoms with Crippen LogP contribution in [0.15, 0.2) is 51.8 Å². The third-order valence-corrected chi connectivity index (χ3v) is 6.23. The van der Waals surface area contributed by atoms with Gasteiger partial charge in [-0.3, -0.25) is 0 Å². The molecule has 0 aromatic heterocycles. The second kappa shape index (κ2) is 7.65. The van der Waals surface area contributed by atoms with Gasteiger partial charge in [-0.25, -0.2) is 17.5 Å². The lowest BCUT2D eigenvalue weighted by molar-refractivity contribution is 0.0472. The Balaban J connectivity index is 2.21. The summed E-state index contributed by atoms with van der Waals surface area (Å²) in [6, 6.07) is 11.2. The van der Waals surface area contributed by atoms with Gasteiger partial charge in [0.05, 0.1) is 10.5 Å². The molecule has 0 aliphatic heterocycles. The highest BCUT2D eigenvalue weighted by molar-refractivity contribution is 9.10. The van der Waals surface area contributed by atoms with E-state index in [1.54, 1.807) is 24.3 Å². The third kappa shape index (κ3) is 4.36. The lowest BCUT2D eigenvalue weighted by Crippen LogP contribution is -2.23. The summed E-state index contributed by atoms with van der Waals surface area (Å²) in [6.45, 7) is 0.0468. The Labute approximate surface area is 154 Å². The van der Waals surface area contributed by atoms with E-state index in [0.29, 0.717) is 9.50 Å². The van der Waals surface area contributed by atoms with Gasteiger partial charge in [0.15, 0.2) is 0 Å². The lowest BCUT2D eigenvalue weighted by atomic mass is 10.2. The van der Waals surface area contributed by atoms with Gasteiger partial charge in [-0.2, -0.15) is 0 Å². The lowest BCUT2D eigenvalue weighted by Gasteiger charge is -2.14. The van der Waals surface area contributed by atoms with Crippen LogP contribution in [0.1, 0.15) is 15.9 Å². The standard InChI is InChI=1S/C16H15BrClNO4S/c1-19(2)24(21,22)15-9-12(6-7-14(15)17)16(20)23-10-11-4-3-5-13(18)8-11/h3-9H,10H2,1-2H3. The summed E-state index contributed by atoms with van der Waals surface area (Å²) in [5.41, 5.74) is 0.898. The van der Waals surface area contributed by atoms with Gasteiger partial charge in [0.25, 0.3) is 0 Å². The zero-order valence-corrected chi connectivity index (χ0v) is 16.2. The molecule has 0 aliphatic rings. The van der Waals surface area contributed by atoms with Crippen LogP contribution in [-0.4, -0.2) is 32.8 Å². The Hall–Kier alpha value is -1.41. The Morgan fingerprint density at radius 1 is 1.21 bits per heavy atom. The molecule has 2 aromatic carbocycles. The Morgan fingerprint density at radius 2 is 1.92 bits per heavy atom. The summed E-state index contributed by atoms with van der Waals surface area (Å²) in [5, 5.41) is 0.548. The van der Waals surface area contributed by atoms with Crippen LogP contribution in [0.25, 0.3) is 0 Å². The molecule has 0 N–H and O–H groups in total. The summed E-state index contributed by atoms with van der Waals surface area (Å²) in [6.07, 6.45) is 0. The van der Waals surface area contributed by atoms with E-state index in [1.807, 2.05) is 0 Å². The van der Waals surface area contributed by atoms with Gasteiger partial charge in [0.1, 0.15) is 6.61 Å². The summed E-state index contributed by atoms with van der Waals surface area (Å²) in [4.78, 5) is 12.2. The number of halogens is 2. The molecule has 8 heteroatoms. The van der Waals surface area contributed by atoms with E-state index in [4.69, 9.17) is 16.3 Å². The zero-order valence-electron chi connectivity index (χ0n) is 13.0. The van der Waals surface area contributed by atoms with Crippen LogP contribution < -0.4 is 0 Å². The molecule has 0 radical (unpaired) electrons. The van der Waals surface area contributed by atoms with Crippen molar-refractivity contribution < 1.29 is 17.9 Å². The van der Waals surface area contributed by atoms with Crippen molar-refractivity contribution in [3.8, 4) is 0 Å². The summed E-state index contributed by atoms with van der Waals surface area (Å²) >= 11 is 9.07. The van der Waals surface area contributed by atoms with Crippen LogP contribution >= 0.6 is 27.5 Å². The molecular weight excluding hydrogens is 418 g/mol. The van der Waals surface area contributed by atoms with Gasteiger partial charge in [-0.15, -0.1) is 0 Å². The number of carbonyl (C=O) groups excluding carboxylic acids is 1. The molecule has 2 rings (SSSR count). The maximum Gasteiger partial charge on any atom is 0.338 e. The highest BCUT2D eigenvalue weighted by atomic mass is 79.9. The fourth-order valence-corrected chi connectivity index (χ4v) is 3.94. The van der Waals surface area contributed by atoms with E-state index in [9.17, 15) is 13.2 Å². The summed E-state index contributed by atoms with van der Waals surface area (Å²) in [7, 11) is -0.830. The number of rotatable bonds is 5. The van der Waals surface area contributed by atoms with E-state index < -0.39 is 16.0 Å². The van der Waals surface area contributed by atoms with E-state index in [-0.39, 0.29) is 17.1 Å². The van der Waals surface area contributed by atoms with Crippen molar-refractivity contribution >= 4 is 43.5 Å². The van der Waals surface area contributed by atoms with Gasteiger partial charge < -0.3 is 4.74 Å². The highest BCUT2D eigenvalue weighted by Gasteiger charge is 2.22. The molecule has 0 aliphatic carbocycles. The van der Waals surface area contributed by atoms with Gasteiger partial charge in [-0.1, -0.05) is 23.7 Å². The molecule has 0 amide bonds. The predicted octanol–water partition coefficient (Wildman–Crippen LogP) is 3.71. The molecule has 0 spiro atoms. The van der Waals surface area contributed by atoms with Crippen molar-refractivity contribution in [2.24, 2.45) is 0 Å². The zero-order chi connectivity index (χ0) is 17.9. The Bertz CT molecular complexity index is 868. The van der Waals surface area contributed by atoms with Gasteiger partial charge in [0, 0.05) is 23.6 Å². The van der Waals surface area contributed by atoms with Crippen molar-refractivity contribution in [1.82, 2.24) is 4.31 Å². The molecule has 0 atom stereocenters. The molecule has 24 heavy (non-hydrogen) atoms. The highest BCUT2D eigenvalue weighted by Crippen LogP contribution is 2.25. The number of nitrogens with zero attached hydrogens (tertiary/aromatic N) is 1. The maximum absolute atomic E-state index is 12.3. The normalized spacial score (nSPS) is 11.5. The van der Waals surface area contributed by atoms with Crippen LogP contribution in [0.4, 0.5) is 0 Å². The van der Waals surface area contributed by atoms with E-state index in [0.717, 1.165) is 9.87 Å². The van der Waals surface area contributed by atoms with E-state index in [1.165, 1.54) is 32.3 Å². The van der Waals surface area contributed by atoms with Crippen molar-refractivity contribution in [2.45, 2.75) is 11.5 Å². The van der Waals surface area contributed by atoms with Crippen LogP contribution in [0.3, 0.4) is 0 Å². The van der Waals surface area contributed by atoms with Crippen LogP contribution in [0.2, 0.25) is 5.02 Å². The summed E-state index contributed by atoms with van der Waals surface area (Å²) < 4.78 is 31.2. The smallest absolute Gasteiger partial charge is 0.338 e. The second-order valence-corrected chi connectivity index (χ2v) is 8.55. The summed E-state index contributed by atoms with van der Waals surface area (Å²) in [5.74, 6) is -0.613. The minimum atomic E-state index is -3.68. The van der Waals surface area contributed by atoms with Crippen molar-refractivity contribution in [2.75, 3.05) is 14.1 Å². The molecule has 128 valence electrons. The van der Waals surface area contributed by atoms with Crippen molar-refractivity contribution in [3.63, 3.8) is 0 Å². The quantitative estimate of drug-likeness (QED) is 0.676. The number of esters is 1. The molecule has 0 heterocycles. The molecule has 0 unspecified atom stereocenters. The first kappa shape index (κ1) is 18.9. The van der Waals surface area contributed by atoms with Crippen molar-refractivity contribution in [1.29, 1.82) is 0 Å². The molecule has 0 fully saturated rings. The average molecular weight is 433 g/mol. The fraction of sp³-hybridized carbons (Fsp3) is 0.188. The monoisotopic (exact) mass is 431 g/mol. The van der Waals surface area contributed by atoms with Crippen LogP contribution in [0.5, 0.6) is 0 Å². The van der Waals surface area contributed by atoms with E-state index >= 15 is 0 Å². The number of hydrogen-bond acceptors (Lipinski definition) is 4. The van der Waals surface area contributed by atoms with Gasteiger partial charge in [-0.05, 0) is 51.8 Å². The first-order chi connectivity index (χ1) is 11.2. The fourth-order valence-electron chi connectivity index (χ4n) is 1.88. The topological polar surface area (TPSA) is 63.7 Å². The van der Waals surface area contributed by atoms with Gasteiger partial charge >= 0.3 is 5.97 Å². The predicted molar refractivity (Wildman–Crippen MR) is 95.6 cm³/mol. The number of benzene rings is 2. The average Bonchev–Trinajstić information content (AvgIpc) is 2.52. The molecule has 0 saturated carbocycles. The largest absolute Gasteiger partial charge is 0.457 e. The number of hydrogen-bond donors (Lipinski definition) is 0. The Morgan fingerprint density at radius 3 is 2.54 bits per heavy atom. The first-order valence-corrected chi connectivity index (χ1v) is 9.46. The number of ether oxygens (including phenoxy) is 1. The first-order valence-electron chi connectivity index (χ1n) is 6.85. The number of sulfonamides is 1. The molecule has 2 aromatic rings. The van der Waals surface area contributed by atoms with Crippen LogP contribution in [0, 0.1) is 0 Å². The minimum Gasteiger partial charge on any atom is -0.457 e. The SMILES string of the molecule is CN(C)S(=O)(=O)c1cc(C(=O)OCc2cccc(Cl)c2)ccc1Br. The molecule has 0 bridgehead atoms. The van der Waals surface area contributed by atoms with Gasteiger partial charge in [0.2, 0.25) is 10.0 Å². The minimum absolute atomic E-state index is 0.00436. The Kier molecular flexibility index (Phi) is 6.03. The molecular formula is C16H15BrClNO4S. The third-order valence-electron chi connectivity index (χ3n) is 3.18. The molecule has 5 nitrogen and oxygen atoms in total. The molecule has 0 saturated heterocycles. The second-order valence-electron chi connectivity index (χ2n) is 5.14. The number of carbonyl (C=O) groups is 1. The van der Waals surface area contributed by atoms with Crippen molar-refractivity contribution in [3.05, 3.63) is 63.1 Å².